The number of benzene rings is 4. The number of nitrogens with one attached hydrogen (secondary N) is 1. The highest BCUT2D eigenvalue weighted by Crippen LogP contribution is 2.36. The maximum atomic E-state index is 12.8. The van der Waals surface area contributed by atoms with Crippen molar-refractivity contribution >= 4 is 44.4 Å². The third-order valence-corrected chi connectivity index (χ3v) is 6.60. The van der Waals surface area contributed by atoms with Crippen molar-refractivity contribution in [2.45, 2.75) is 26.9 Å². The first kappa shape index (κ1) is 26.0. The van der Waals surface area contributed by atoms with E-state index in [0.717, 1.165) is 22.8 Å². The summed E-state index contributed by atoms with van der Waals surface area (Å²) < 4.78 is 12.7. The maximum Gasteiger partial charge on any atom is 0.266 e. The number of aryl methyl sites for hydroxylation is 1. The molecule has 0 unspecified atom stereocenters. The second-order valence-corrected chi connectivity index (χ2v) is 9.21. The number of carbonyl (C=O) groups is 1. The molecule has 0 spiro atoms. The van der Waals surface area contributed by atoms with Crippen molar-refractivity contribution in [3.05, 3.63) is 106 Å². The van der Waals surface area contributed by atoms with Gasteiger partial charge in [-0.25, -0.2) is 0 Å². The number of halogens is 1. The molecular formula is C31H27BrN2O3. The third kappa shape index (κ3) is 6.38. The van der Waals surface area contributed by atoms with Crippen molar-refractivity contribution in [1.29, 1.82) is 5.26 Å². The second kappa shape index (κ2) is 12.2. The number of nitriles is 1. The van der Waals surface area contributed by atoms with Crippen LogP contribution in [-0.4, -0.2) is 12.5 Å². The van der Waals surface area contributed by atoms with E-state index in [1.807, 2.05) is 61.5 Å². The molecule has 0 saturated carbocycles. The lowest BCUT2D eigenvalue weighted by molar-refractivity contribution is -0.112. The molecule has 0 fully saturated rings. The van der Waals surface area contributed by atoms with Crippen LogP contribution in [0.3, 0.4) is 0 Å². The second-order valence-electron chi connectivity index (χ2n) is 8.35. The van der Waals surface area contributed by atoms with E-state index >= 15 is 0 Å². The van der Waals surface area contributed by atoms with Crippen molar-refractivity contribution in [3.63, 3.8) is 0 Å². The number of fused-ring (bicyclic) bond motifs is 1. The van der Waals surface area contributed by atoms with Crippen LogP contribution in [0.1, 0.15) is 30.5 Å². The molecule has 0 bridgehead atoms. The highest BCUT2D eigenvalue weighted by atomic mass is 79.9. The summed E-state index contributed by atoms with van der Waals surface area (Å²) >= 11 is 3.57. The zero-order valence-electron chi connectivity index (χ0n) is 20.8. The van der Waals surface area contributed by atoms with Crippen molar-refractivity contribution in [3.8, 4) is 17.6 Å². The minimum absolute atomic E-state index is 0.0212. The maximum absolute atomic E-state index is 12.8. The molecular weight excluding hydrogens is 528 g/mol. The Morgan fingerprint density at radius 1 is 0.973 bits per heavy atom. The molecule has 0 aliphatic rings. The van der Waals surface area contributed by atoms with Gasteiger partial charge >= 0.3 is 0 Å². The van der Waals surface area contributed by atoms with Crippen LogP contribution in [0.5, 0.6) is 11.5 Å². The number of rotatable bonds is 9. The lowest BCUT2D eigenvalue weighted by atomic mass is 10.1. The lowest BCUT2D eigenvalue weighted by Gasteiger charge is -2.15. The first-order valence-electron chi connectivity index (χ1n) is 12.1. The van der Waals surface area contributed by atoms with Crippen LogP contribution in [0, 0.1) is 11.3 Å². The fourth-order valence-electron chi connectivity index (χ4n) is 3.94. The first-order chi connectivity index (χ1) is 18.0. The van der Waals surface area contributed by atoms with Gasteiger partial charge in [0.25, 0.3) is 5.91 Å². The number of ether oxygens (including phenoxy) is 2. The fraction of sp³-hybridized carbons (Fsp3) is 0.161. The lowest BCUT2D eigenvalue weighted by Crippen LogP contribution is -2.13. The Hall–Kier alpha value is -4.08. The molecule has 0 heterocycles. The smallest absolute Gasteiger partial charge is 0.266 e. The van der Waals surface area contributed by atoms with Gasteiger partial charge in [-0.2, -0.15) is 5.26 Å². The molecule has 0 aliphatic heterocycles. The molecule has 0 saturated heterocycles. The average Bonchev–Trinajstić information content (AvgIpc) is 2.92. The van der Waals surface area contributed by atoms with E-state index in [9.17, 15) is 10.1 Å². The molecule has 0 atom stereocenters. The van der Waals surface area contributed by atoms with Gasteiger partial charge in [-0.05, 0) is 71.1 Å². The van der Waals surface area contributed by atoms with E-state index in [2.05, 4.69) is 46.4 Å². The molecule has 4 aromatic carbocycles. The molecule has 1 amide bonds. The zero-order chi connectivity index (χ0) is 26.2. The number of amides is 1. The van der Waals surface area contributed by atoms with Crippen LogP contribution >= 0.6 is 15.9 Å². The van der Waals surface area contributed by atoms with Crippen LogP contribution in [0.2, 0.25) is 0 Å². The van der Waals surface area contributed by atoms with E-state index in [0.29, 0.717) is 40.4 Å². The van der Waals surface area contributed by atoms with Crippen LogP contribution < -0.4 is 14.8 Å². The average molecular weight is 555 g/mol. The van der Waals surface area contributed by atoms with Crippen molar-refractivity contribution < 1.29 is 14.3 Å². The monoisotopic (exact) mass is 554 g/mol. The predicted octanol–water partition coefficient (Wildman–Crippen LogP) is 7.69. The Kier molecular flexibility index (Phi) is 8.60. The summed E-state index contributed by atoms with van der Waals surface area (Å²) in [5.41, 5.74) is 3.48. The van der Waals surface area contributed by atoms with Crippen LogP contribution in [-0.2, 0) is 17.8 Å². The Labute approximate surface area is 225 Å². The third-order valence-electron chi connectivity index (χ3n) is 5.91. The normalized spacial score (nSPS) is 11.1. The van der Waals surface area contributed by atoms with Crippen LogP contribution in [0.4, 0.5) is 5.69 Å². The summed E-state index contributed by atoms with van der Waals surface area (Å²) in [4.78, 5) is 12.8. The summed E-state index contributed by atoms with van der Waals surface area (Å²) in [6, 6.07) is 27.5. The molecule has 5 nitrogen and oxygen atoms in total. The summed E-state index contributed by atoms with van der Waals surface area (Å²) in [6.45, 7) is 4.77. The Balaban J connectivity index is 1.57. The summed E-state index contributed by atoms with van der Waals surface area (Å²) in [7, 11) is 0. The van der Waals surface area contributed by atoms with Crippen molar-refractivity contribution in [1.82, 2.24) is 0 Å². The van der Waals surface area contributed by atoms with Gasteiger partial charge in [-0.1, -0.05) is 77.5 Å². The van der Waals surface area contributed by atoms with Gasteiger partial charge in [0.2, 0.25) is 0 Å². The quantitative estimate of drug-likeness (QED) is 0.170. The Bertz CT molecular complexity index is 1480. The molecule has 6 heteroatoms. The molecule has 0 aliphatic carbocycles. The Morgan fingerprint density at radius 3 is 2.43 bits per heavy atom. The molecule has 0 aromatic heterocycles. The molecule has 4 rings (SSSR count). The zero-order valence-corrected chi connectivity index (χ0v) is 22.3. The summed E-state index contributed by atoms with van der Waals surface area (Å²) in [6.07, 6.45) is 2.45. The van der Waals surface area contributed by atoms with Gasteiger partial charge in [-0.3, -0.25) is 4.79 Å². The standard InChI is InChI=1S/C31H27BrN2O3/c1-3-21-12-14-26(15-13-21)34-31(35)25(19-33)16-24-17-29(36-4-2)30(18-28(24)32)37-20-23-10-7-9-22-8-5-6-11-27(22)23/h5-18H,3-4,20H2,1-2H3,(H,34,35)/b25-16+. The van der Waals surface area contributed by atoms with Crippen molar-refractivity contribution in [2.75, 3.05) is 11.9 Å². The largest absolute Gasteiger partial charge is 0.490 e. The van der Waals surface area contributed by atoms with Gasteiger partial charge in [0, 0.05) is 10.2 Å². The van der Waals surface area contributed by atoms with Crippen LogP contribution in [0.25, 0.3) is 16.8 Å². The fourth-order valence-corrected chi connectivity index (χ4v) is 4.38. The van der Waals surface area contributed by atoms with Gasteiger partial charge in [0.1, 0.15) is 18.2 Å². The number of nitrogens with zero attached hydrogens (tertiary/aromatic N) is 1. The van der Waals surface area contributed by atoms with Gasteiger partial charge in [0.15, 0.2) is 11.5 Å². The predicted molar refractivity (Wildman–Crippen MR) is 152 cm³/mol. The molecule has 4 aromatic rings. The molecule has 1 N–H and O–H groups in total. The number of anilines is 1. The van der Waals surface area contributed by atoms with Gasteiger partial charge in [0.05, 0.1) is 6.61 Å². The minimum atomic E-state index is -0.479. The number of hydrogen-bond acceptors (Lipinski definition) is 4. The molecule has 0 radical (unpaired) electrons. The minimum Gasteiger partial charge on any atom is -0.490 e. The van der Waals surface area contributed by atoms with Gasteiger partial charge in [-0.15, -0.1) is 0 Å². The Morgan fingerprint density at radius 2 is 1.70 bits per heavy atom. The highest BCUT2D eigenvalue weighted by molar-refractivity contribution is 9.10. The number of carbonyl (C=O) groups excluding carboxylic acids is 1. The SMILES string of the molecule is CCOc1cc(/C=C(\C#N)C(=O)Nc2ccc(CC)cc2)c(Br)cc1OCc1cccc2ccccc12. The number of hydrogen-bond donors (Lipinski definition) is 1. The van der Waals surface area contributed by atoms with Crippen LogP contribution in [0.15, 0.2) is 88.9 Å². The van der Waals surface area contributed by atoms with E-state index in [4.69, 9.17) is 9.47 Å². The first-order valence-corrected chi connectivity index (χ1v) is 12.9. The van der Waals surface area contributed by atoms with E-state index in [1.165, 1.54) is 11.6 Å². The molecule has 186 valence electrons. The van der Waals surface area contributed by atoms with Gasteiger partial charge < -0.3 is 14.8 Å². The van der Waals surface area contributed by atoms with E-state index in [1.54, 1.807) is 12.1 Å². The summed E-state index contributed by atoms with van der Waals surface area (Å²) in [5.74, 6) is 0.621. The van der Waals surface area contributed by atoms with Crippen molar-refractivity contribution in [2.24, 2.45) is 0 Å². The summed E-state index contributed by atoms with van der Waals surface area (Å²) in [5, 5.41) is 14.8. The molecule has 37 heavy (non-hydrogen) atoms. The van der Waals surface area contributed by atoms with E-state index < -0.39 is 5.91 Å². The highest BCUT2D eigenvalue weighted by Gasteiger charge is 2.15. The topological polar surface area (TPSA) is 71.3 Å². The van der Waals surface area contributed by atoms with E-state index in [-0.39, 0.29) is 5.57 Å².